The van der Waals surface area contributed by atoms with Gasteiger partial charge in [0, 0.05) is 24.5 Å². The van der Waals surface area contributed by atoms with E-state index in [4.69, 9.17) is 15.2 Å². The number of carbonyl (C=O) groups is 2. The highest BCUT2D eigenvalue weighted by molar-refractivity contribution is 5.78. The molecule has 3 atom stereocenters. The molecule has 26 heavy (non-hydrogen) atoms. The largest absolute Gasteiger partial charge is 0.460 e. The number of piperidine rings is 1. The van der Waals surface area contributed by atoms with Crippen LogP contribution >= 0.6 is 0 Å². The Balaban J connectivity index is 1.51. The lowest BCUT2D eigenvalue weighted by molar-refractivity contribution is -0.157. The van der Waals surface area contributed by atoms with E-state index in [1.807, 2.05) is 51.1 Å². The standard InChI is InChI=1S/C20H28N2O4/c1-19(2,3)26-17(23)15-11-20(15)9-10-22(12-16(20)21)18(24)25-13-14-7-5-4-6-8-14/h4-8,15-16H,9-13,21H2,1-3H3. The Morgan fingerprint density at radius 1 is 1.27 bits per heavy atom. The zero-order valence-electron chi connectivity index (χ0n) is 15.7. The molecule has 6 nitrogen and oxygen atoms in total. The van der Waals surface area contributed by atoms with Crippen molar-refractivity contribution < 1.29 is 19.1 Å². The van der Waals surface area contributed by atoms with Gasteiger partial charge >= 0.3 is 12.1 Å². The summed E-state index contributed by atoms with van der Waals surface area (Å²) >= 11 is 0. The van der Waals surface area contributed by atoms with Crippen molar-refractivity contribution in [2.75, 3.05) is 13.1 Å². The molecule has 142 valence electrons. The van der Waals surface area contributed by atoms with E-state index in [-0.39, 0.29) is 36.0 Å². The molecule has 1 spiro atoms. The number of hydrogen-bond acceptors (Lipinski definition) is 5. The quantitative estimate of drug-likeness (QED) is 0.838. The molecule has 0 bridgehead atoms. The van der Waals surface area contributed by atoms with E-state index in [2.05, 4.69) is 0 Å². The van der Waals surface area contributed by atoms with E-state index in [9.17, 15) is 9.59 Å². The number of likely N-dealkylation sites (tertiary alicyclic amines) is 1. The molecule has 0 aromatic heterocycles. The van der Waals surface area contributed by atoms with Gasteiger partial charge in [-0.2, -0.15) is 0 Å². The lowest BCUT2D eigenvalue weighted by Crippen LogP contribution is -2.52. The normalized spacial score (nSPS) is 27.9. The van der Waals surface area contributed by atoms with Crippen LogP contribution in [-0.4, -0.2) is 41.7 Å². The smallest absolute Gasteiger partial charge is 0.410 e. The number of hydrogen-bond donors (Lipinski definition) is 1. The van der Waals surface area contributed by atoms with Gasteiger partial charge in [-0.3, -0.25) is 4.79 Å². The third-order valence-electron chi connectivity index (χ3n) is 5.28. The maximum Gasteiger partial charge on any atom is 0.410 e. The fraction of sp³-hybridized carbons (Fsp3) is 0.600. The maximum atomic E-state index is 12.3. The van der Waals surface area contributed by atoms with Crippen LogP contribution in [0.15, 0.2) is 30.3 Å². The average Bonchev–Trinajstić information content (AvgIpc) is 3.30. The monoisotopic (exact) mass is 360 g/mol. The second kappa shape index (κ2) is 6.91. The van der Waals surface area contributed by atoms with Gasteiger partial charge in [-0.15, -0.1) is 0 Å². The molecule has 1 saturated carbocycles. The van der Waals surface area contributed by atoms with E-state index in [1.54, 1.807) is 4.90 Å². The Hall–Kier alpha value is -2.08. The fourth-order valence-electron chi connectivity index (χ4n) is 3.71. The van der Waals surface area contributed by atoms with Crippen LogP contribution in [0.3, 0.4) is 0 Å². The number of nitrogens with zero attached hydrogens (tertiary/aromatic N) is 1. The average molecular weight is 360 g/mol. The molecule has 2 aliphatic rings. The molecule has 2 fully saturated rings. The molecule has 1 heterocycles. The van der Waals surface area contributed by atoms with Crippen molar-refractivity contribution in [3.63, 3.8) is 0 Å². The first-order valence-corrected chi connectivity index (χ1v) is 9.15. The summed E-state index contributed by atoms with van der Waals surface area (Å²) in [5.41, 5.74) is 6.58. The second-order valence-corrected chi connectivity index (χ2v) is 8.37. The SMILES string of the molecule is CC(C)(C)OC(=O)C1CC12CCN(C(=O)OCc1ccccc1)CC2N. The van der Waals surface area contributed by atoms with Gasteiger partial charge in [0.2, 0.25) is 0 Å². The minimum atomic E-state index is -0.493. The summed E-state index contributed by atoms with van der Waals surface area (Å²) in [6, 6.07) is 9.34. The molecule has 1 aromatic carbocycles. The van der Waals surface area contributed by atoms with Crippen molar-refractivity contribution in [1.82, 2.24) is 4.90 Å². The van der Waals surface area contributed by atoms with E-state index in [0.717, 1.165) is 12.0 Å². The zero-order chi connectivity index (χ0) is 18.9. The van der Waals surface area contributed by atoms with Crippen LogP contribution in [0, 0.1) is 11.3 Å². The van der Waals surface area contributed by atoms with Crippen LogP contribution in [-0.2, 0) is 20.9 Å². The van der Waals surface area contributed by atoms with E-state index in [1.165, 1.54) is 0 Å². The predicted molar refractivity (Wildman–Crippen MR) is 97.2 cm³/mol. The summed E-state index contributed by atoms with van der Waals surface area (Å²) in [5, 5.41) is 0. The van der Waals surface area contributed by atoms with Crippen molar-refractivity contribution in [3.05, 3.63) is 35.9 Å². The van der Waals surface area contributed by atoms with Crippen LogP contribution in [0.5, 0.6) is 0 Å². The Kier molecular flexibility index (Phi) is 4.97. The van der Waals surface area contributed by atoms with Crippen LogP contribution in [0.1, 0.15) is 39.2 Å². The zero-order valence-corrected chi connectivity index (χ0v) is 15.7. The number of amides is 1. The molecular formula is C20H28N2O4. The topological polar surface area (TPSA) is 81.9 Å². The molecule has 1 aromatic rings. The molecule has 2 N–H and O–H groups in total. The van der Waals surface area contributed by atoms with Crippen molar-refractivity contribution in [2.24, 2.45) is 17.1 Å². The Morgan fingerprint density at radius 3 is 2.58 bits per heavy atom. The highest BCUT2D eigenvalue weighted by atomic mass is 16.6. The number of nitrogens with two attached hydrogens (primary N) is 1. The van der Waals surface area contributed by atoms with Gasteiger partial charge in [0.15, 0.2) is 0 Å². The van der Waals surface area contributed by atoms with E-state index >= 15 is 0 Å². The highest BCUT2D eigenvalue weighted by Crippen LogP contribution is 2.59. The molecule has 0 radical (unpaired) electrons. The number of carbonyl (C=O) groups excluding carboxylic acids is 2. The lowest BCUT2D eigenvalue weighted by atomic mass is 9.86. The van der Waals surface area contributed by atoms with Crippen LogP contribution < -0.4 is 5.73 Å². The molecule has 1 saturated heterocycles. The van der Waals surface area contributed by atoms with Gasteiger partial charge in [0.25, 0.3) is 0 Å². The number of benzene rings is 1. The second-order valence-electron chi connectivity index (χ2n) is 8.37. The van der Waals surface area contributed by atoms with Gasteiger partial charge in [0.1, 0.15) is 12.2 Å². The third kappa shape index (κ3) is 4.01. The summed E-state index contributed by atoms with van der Waals surface area (Å²) < 4.78 is 10.9. The summed E-state index contributed by atoms with van der Waals surface area (Å²) in [6.45, 7) is 6.81. The van der Waals surface area contributed by atoms with Crippen molar-refractivity contribution in [2.45, 2.75) is 51.9 Å². The number of esters is 1. The summed E-state index contributed by atoms with van der Waals surface area (Å²) in [4.78, 5) is 26.3. The molecule has 1 aliphatic heterocycles. The van der Waals surface area contributed by atoms with Crippen LogP contribution in [0.2, 0.25) is 0 Å². The molecule has 1 aliphatic carbocycles. The first-order valence-electron chi connectivity index (χ1n) is 9.15. The van der Waals surface area contributed by atoms with Crippen molar-refractivity contribution >= 4 is 12.1 Å². The van der Waals surface area contributed by atoms with Gasteiger partial charge in [0.05, 0.1) is 5.92 Å². The summed E-state index contributed by atoms with van der Waals surface area (Å²) in [7, 11) is 0. The number of ether oxygens (including phenoxy) is 2. The van der Waals surface area contributed by atoms with Crippen molar-refractivity contribution in [1.29, 1.82) is 0 Å². The molecule has 3 rings (SSSR count). The first-order chi connectivity index (χ1) is 12.2. The van der Waals surface area contributed by atoms with Gasteiger partial charge in [-0.05, 0) is 39.2 Å². The van der Waals surface area contributed by atoms with Crippen molar-refractivity contribution in [3.8, 4) is 0 Å². The Labute approximate surface area is 154 Å². The fourth-order valence-corrected chi connectivity index (χ4v) is 3.71. The minimum Gasteiger partial charge on any atom is -0.460 e. The van der Waals surface area contributed by atoms with Gasteiger partial charge < -0.3 is 20.1 Å². The van der Waals surface area contributed by atoms with E-state index < -0.39 is 5.60 Å². The lowest BCUT2D eigenvalue weighted by Gasteiger charge is -2.37. The predicted octanol–water partition coefficient (Wildman–Crippen LogP) is 2.70. The molecular weight excluding hydrogens is 332 g/mol. The Morgan fingerprint density at radius 2 is 1.96 bits per heavy atom. The maximum absolute atomic E-state index is 12.3. The number of rotatable bonds is 3. The Bertz CT molecular complexity index is 670. The van der Waals surface area contributed by atoms with Gasteiger partial charge in [-0.1, -0.05) is 30.3 Å². The molecule has 3 unspecified atom stereocenters. The molecule has 6 heteroatoms. The van der Waals surface area contributed by atoms with Gasteiger partial charge in [-0.25, -0.2) is 4.79 Å². The summed E-state index contributed by atoms with van der Waals surface area (Å²) in [5.74, 6) is -0.327. The summed E-state index contributed by atoms with van der Waals surface area (Å²) in [6.07, 6.45) is 1.10. The van der Waals surface area contributed by atoms with E-state index in [0.29, 0.717) is 19.5 Å². The highest BCUT2D eigenvalue weighted by Gasteiger charge is 2.64. The molecule has 1 amide bonds. The third-order valence-corrected chi connectivity index (χ3v) is 5.28. The first kappa shape index (κ1) is 18.7. The van der Waals surface area contributed by atoms with Crippen LogP contribution in [0.25, 0.3) is 0 Å². The minimum absolute atomic E-state index is 0.154. The van der Waals surface area contributed by atoms with Crippen LogP contribution in [0.4, 0.5) is 4.79 Å².